The lowest BCUT2D eigenvalue weighted by atomic mass is 9.90. The molecule has 1 amide bonds. The van der Waals surface area contributed by atoms with Crippen molar-refractivity contribution in [3.63, 3.8) is 0 Å². The molecule has 176 valence electrons. The van der Waals surface area contributed by atoms with Crippen molar-refractivity contribution in [3.05, 3.63) is 64.1 Å². The molecule has 5 rings (SSSR count). The topological polar surface area (TPSA) is 117 Å². The molecular formula is C23H21BrN5O3S2-. The van der Waals surface area contributed by atoms with E-state index in [0.717, 1.165) is 28.6 Å². The van der Waals surface area contributed by atoms with Crippen LogP contribution in [0.1, 0.15) is 42.1 Å². The van der Waals surface area contributed by atoms with E-state index in [2.05, 4.69) is 25.5 Å². The minimum atomic E-state index is -2.39. The van der Waals surface area contributed by atoms with Gasteiger partial charge in [-0.05, 0) is 84.1 Å². The van der Waals surface area contributed by atoms with Crippen molar-refractivity contribution < 1.29 is 13.6 Å². The number of carbonyl (C=O) groups excluding carboxylic acids is 1. The van der Waals surface area contributed by atoms with Gasteiger partial charge in [-0.15, -0.1) is 11.3 Å². The van der Waals surface area contributed by atoms with Crippen molar-refractivity contribution in [2.24, 2.45) is 5.73 Å². The lowest BCUT2D eigenvalue weighted by molar-refractivity contribution is 0.100. The maximum absolute atomic E-state index is 12.2. The van der Waals surface area contributed by atoms with E-state index in [9.17, 15) is 13.6 Å². The van der Waals surface area contributed by atoms with Crippen molar-refractivity contribution in [1.29, 1.82) is 0 Å². The van der Waals surface area contributed by atoms with Crippen LogP contribution in [0.5, 0.6) is 0 Å². The molecule has 0 bridgehead atoms. The molecule has 0 saturated heterocycles. The quantitative estimate of drug-likeness (QED) is 0.341. The highest BCUT2D eigenvalue weighted by Crippen LogP contribution is 2.40. The van der Waals surface area contributed by atoms with Crippen LogP contribution in [0.4, 0.5) is 5.00 Å². The van der Waals surface area contributed by atoms with Crippen LogP contribution in [-0.4, -0.2) is 35.2 Å². The molecule has 3 heterocycles. The molecule has 0 spiro atoms. The molecule has 8 nitrogen and oxygen atoms in total. The second-order valence-electron chi connectivity index (χ2n) is 8.18. The Bertz CT molecular complexity index is 1370. The van der Waals surface area contributed by atoms with E-state index in [-0.39, 0.29) is 12.1 Å². The second-order valence-corrected chi connectivity index (χ2v) is 11.5. The normalized spacial score (nSPS) is 19.2. The van der Waals surface area contributed by atoms with Crippen molar-refractivity contribution in [2.45, 2.75) is 37.8 Å². The smallest absolute Gasteiger partial charge is 0.248 e. The van der Waals surface area contributed by atoms with Gasteiger partial charge in [-0.3, -0.25) is 18.3 Å². The Kier molecular flexibility index (Phi) is 6.52. The maximum Gasteiger partial charge on any atom is 0.248 e. The number of fused-ring (bicyclic) bond motifs is 1. The Morgan fingerprint density at radius 1 is 1.24 bits per heavy atom. The van der Waals surface area contributed by atoms with E-state index in [1.54, 1.807) is 18.3 Å². The van der Waals surface area contributed by atoms with E-state index >= 15 is 0 Å². The number of amides is 1. The van der Waals surface area contributed by atoms with Gasteiger partial charge < -0.3 is 14.9 Å². The fourth-order valence-corrected chi connectivity index (χ4v) is 6.96. The molecule has 1 fully saturated rings. The third-order valence-electron chi connectivity index (χ3n) is 6.12. The third kappa shape index (κ3) is 4.40. The summed E-state index contributed by atoms with van der Waals surface area (Å²) >= 11 is 2.44. The van der Waals surface area contributed by atoms with Gasteiger partial charge in [-0.25, -0.2) is 4.98 Å². The van der Waals surface area contributed by atoms with E-state index in [1.165, 1.54) is 15.6 Å². The fraction of sp³-hybridized carbons (Fsp3) is 0.261. The lowest BCUT2D eigenvalue weighted by Crippen LogP contribution is -2.40. The molecule has 1 saturated carbocycles. The number of benzene rings is 1. The molecule has 3 aromatic heterocycles. The molecule has 11 heteroatoms. The third-order valence-corrected chi connectivity index (χ3v) is 8.68. The zero-order valence-corrected chi connectivity index (χ0v) is 21.2. The number of nitrogens with zero attached hydrogens (tertiary/aromatic N) is 4. The first-order valence-electron chi connectivity index (χ1n) is 10.8. The highest BCUT2D eigenvalue weighted by Gasteiger charge is 2.32. The van der Waals surface area contributed by atoms with Gasteiger partial charge in [0.25, 0.3) is 0 Å². The summed E-state index contributed by atoms with van der Waals surface area (Å²) in [4.78, 5) is 21.1. The first-order chi connectivity index (χ1) is 16.4. The Balaban J connectivity index is 1.58. The molecule has 34 heavy (non-hydrogen) atoms. The molecule has 1 aliphatic rings. The fourth-order valence-electron chi connectivity index (χ4n) is 4.68. The summed E-state index contributed by atoms with van der Waals surface area (Å²) in [6.07, 6.45) is 4.88. The largest absolute Gasteiger partial charge is 0.755 e. The molecule has 0 radical (unpaired) electrons. The first-order valence-corrected chi connectivity index (χ1v) is 13.4. The number of carbonyl (C=O) groups is 1. The Morgan fingerprint density at radius 3 is 2.76 bits per heavy atom. The molecule has 1 aliphatic carbocycles. The molecular weight excluding hydrogens is 538 g/mol. The molecule has 2 N–H and O–H groups in total. The average molecular weight is 559 g/mol. The van der Waals surface area contributed by atoms with Gasteiger partial charge in [-0.1, -0.05) is 6.07 Å². The predicted octanol–water partition coefficient (Wildman–Crippen LogP) is 4.81. The number of nitrogens with two attached hydrogens (primary N) is 1. The average Bonchev–Trinajstić information content (AvgIpc) is 3.42. The molecule has 4 aromatic rings. The second kappa shape index (κ2) is 9.57. The highest BCUT2D eigenvalue weighted by atomic mass is 79.9. The molecule has 1 aromatic carbocycles. The summed E-state index contributed by atoms with van der Waals surface area (Å²) in [5.74, 6) is 0.181. The van der Waals surface area contributed by atoms with E-state index in [4.69, 9.17) is 10.7 Å². The van der Waals surface area contributed by atoms with Crippen LogP contribution in [0.25, 0.3) is 22.6 Å². The van der Waals surface area contributed by atoms with E-state index in [0.29, 0.717) is 34.0 Å². The molecule has 3 atom stereocenters. The monoisotopic (exact) mass is 558 g/mol. The number of halogens is 1. The van der Waals surface area contributed by atoms with Crippen LogP contribution in [0.15, 0.2) is 58.5 Å². The number of pyridine rings is 1. The SMILES string of the molecule is NC(=O)c1ccc2c(c1)nc(-c1ccccn1)n2C1CCCC(N(c2ccc(Br)s2)S(=O)[O-])C1. The van der Waals surface area contributed by atoms with Gasteiger partial charge in [0, 0.05) is 35.1 Å². The van der Waals surface area contributed by atoms with Crippen LogP contribution in [-0.2, 0) is 11.3 Å². The zero-order chi connectivity index (χ0) is 23.8. The number of imidazole rings is 1. The van der Waals surface area contributed by atoms with Crippen LogP contribution in [0.3, 0.4) is 0 Å². The minimum Gasteiger partial charge on any atom is -0.755 e. The van der Waals surface area contributed by atoms with E-state index < -0.39 is 17.2 Å². The Labute approximate surface area is 211 Å². The summed E-state index contributed by atoms with van der Waals surface area (Å²) < 4.78 is 29.0. The van der Waals surface area contributed by atoms with Gasteiger partial charge in [0.15, 0.2) is 5.82 Å². The van der Waals surface area contributed by atoms with Crippen molar-refractivity contribution in [1.82, 2.24) is 14.5 Å². The number of hydrogen-bond acceptors (Lipinski definition) is 6. The van der Waals surface area contributed by atoms with Crippen LogP contribution < -0.4 is 10.0 Å². The summed E-state index contributed by atoms with van der Waals surface area (Å²) in [6, 6.07) is 14.4. The number of primary amides is 1. The van der Waals surface area contributed by atoms with Gasteiger partial charge in [0.2, 0.25) is 5.91 Å². The standard InChI is InChI=1S/C23H22BrN5O3S2/c24-20-9-10-21(33-20)29(34(31)32)16-5-3-4-15(13-16)28-19-8-7-14(22(25)30)12-18(19)27-23(28)17-6-1-2-11-26-17/h1-2,6-12,15-16H,3-5,13H2,(H2,25,30)(H,31,32)/p-1. The van der Waals surface area contributed by atoms with Gasteiger partial charge in [0.1, 0.15) is 10.7 Å². The summed E-state index contributed by atoms with van der Waals surface area (Å²) in [7, 11) is 0. The van der Waals surface area contributed by atoms with Gasteiger partial charge in [0.05, 0.1) is 14.8 Å². The number of hydrogen-bond donors (Lipinski definition) is 1. The van der Waals surface area contributed by atoms with Crippen LogP contribution in [0.2, 0.25) is 0 Å². The Hall–Kier alpha value is -2.60. The first kappa shape index (κ1) is 23.2. The van der Waals surface area contributed by atoms with E-state index in [1.807, 2.05) is 36.4 Å². The number of thiophene rings is 1. The van der Waals surface area contributed by atoms with Crippen molar-refractivity contribution in [2.75, 3.05) is 4.31 Å². The lowest BCUT2D eigenvalue weighted by Gasteiger charge is -2.39. The molecule has 3 unspecified atom stereocenters. The summed E-state index contributed by atoms with van der Waals surface area (Å²) in [5.41, 5.74) is 8.12. The Morgan fingerprint density at radius 2 is 2.09 bits per heavy atom. The highest BCUT2D eigenvalue weighted by molar-refractivity contribution is 9.11. The summed E-state index contributed by atoms with van der Waals surface area (Å²) in [5, 5.41) is 0.692. The number of anilines is 1. The predicted molar refractivity (Wildman–Crippen MR) is 136 cm³/mol. The summed E-state index contributed by atoms with van der Waals surface area (Å²) in [6.45, 7) is 0. The number of aromatic nitrogens is 3. The zero-order valence-electron chi connectivity index (χ0n) is 18.0. The van der Waals surface area contributed by atoms with Crippen molar-refractivity contribution in [3.8, 4) is 11.5 Å². The van der Waals surface area contributed by atoms with Crippen molar-refractivity contribution >= 4 is 60.5 Å². The minimum absolute atomic E-state index is 0.00892. The maximum atomic E-state index is 12.2. The van der Waals surface area contributed by atoms with Crippen LogP contribution >= 0.6 is 27.3 Å². The number of rotatable bonds is 6. The van der Waals surface area contributed by atoms with Gasteiger partial charge >= 0.3 is 0 Å². The molecule has 0 aliphatic heterocycles. The van der Waals surface area contributed by atoms with Gasteiger partial charge in [-0.2, -0.15) is 0 Å². The van der Waals surface area contributed by atoms with Crippen LogP contribution in [0, 0.1) is 0 Å².